The first kappa shape index (κ1) is 13.0. The molecule has 0 aromatic carbocycles. The molecule has 1 aliphatic carbocycles. The first-order chi connectivity index (χ1) is 8.01. The van der Waals surface area contributed by atoms with Gasteiger partial charge in [0.05, 0.1) is 13.2 Å². The summed E-state index contributed by atoms with van der Waals surface area (Å²) in [5.74, 6) is 0. The van der Waals surface area contributed by atoms with Gasteiger partial charge in [-0.15, -0.1) is 11.3 Å². The van der Waals surface area contributed by atoms with E-state index >= 15 is 0 Å². The summed E-state index contributed by atoms with van der Waals surface area (Å²) in [4.78, 5) is 0. The third-order valence-corrected chi connectivity index (χ3v) is 6.03. The first-order valence-corrected chi connectivity index (χ1v) is 7.65. The molecule has 1 saturated carbocycles. The Morgan fingerprint density at radius 1 is 1.41 bits per heavy atom. The maximum atomic E-state index is 11.9. The molecule has 2 rings (SSSR count). The van der Waals surface area contributed by atoms with E-state index < -0.39 is 15.4 Å². The number of sulfonamides is 1. The van der Waals surface area contributed by atoms with Gasteiger partial charge in [0, 0.05) is 11.5 Å². The van der Waals surface area contributed by atoms with Gasteiger partial charge in [-0.2, -0.15) is 0 Å². The average Bonchev–Trinajstić information content (AvgIpc) is 2.76. The summed E-state index contributed by atoms with van der Waals surface area (Å²) in [6.07, 6.45) is 0.954. The highest BCUT2D eigenvalue weighted by Gasteiger charge is 2.44. The zero-order chi connectivity index (χ0) is 12.5. The number of aliphatic hydroxyl groups is 2. The van der Waals surface area contributed by atoms with Gasteiger partial charge in [0.2, 0.25) is 10.0 Å². The second-order valence-electron chi connectivity index (χ2n) is 4.47. The minimum absolute atomic E-state index is 0.110. The molecule has 0 aliphatic heterocycles. The molecular formula is C10H15NO4S2. The molecular weight excluding hydrogens is 262 g/mol. The minimum Gasteiger partial charge on any atom is -0.396 e. The fourth-order valence-corrected chi connectivity index (χ4v) is 4.32. The molecule has 0 radical (unpaired) electrons. The highest BCUT2D eigenvalue weighted by Crippen LogP contribution is 2.40. The van der Waals surface area contributed by atoms with Crippen molar-refractivity contribution < 1.29 is 18.6 Å². The Labute approximate surface area is 104 Å². The van der Waals surface area contributed by atoms with E-state index in [1.54, 1.807) is 17.5 Å². The highest BCUT2D eigenvalue weighted by atomic mass is 32.2. The molecule has 7 heteroatoms. The molecule has 17 heavy (non-hydrogen) atoms. The van der Waals surface area contributed by atoms with E-state index in [9.17, 15) is 8.42 Å². The molecule has 5 nitrogen and oxygen atoms in total. The van der Waals surface area contributed by atoms with Crippen molar-refractivity contribution in [2.75, 3.05) is 13.2 Å². The van der Waals surface area contributed by atoms with Crippen molar-refractivity contribution in [2.45, 2.75) is 23.1 Å². The Morgan fingerprint density at radius 3 is 2.53 bits per heavy atom. The maximum Gasteiger partial charge on any atom is 0.250 e. The third kappa shape index (κ3) is 2.53. The van der Waals surface area contributed by atoms with E-state index in [0.717, 1.165) is 0 Å². The zero-order valence-electron chi connectivity index (χ0n) is 9.17. The second-order valence-corrected chi connectivity index (χ2v) is 7.36. The van der Waals surface area contributed by atoms with Crippen LogP contribution in [0.3, 0.4) is 0 Å². The predicted octanol–water partition coefficient (Wildman–Crippen LogP) is 0.160. The van der Waals surface area contributed by atoms with Crippen molar-refractivity contribution in [1.29, 1.82) is 0 Å². The van der Waals surface area contributed by atoms with E-state index in [0.29, 0.717) is 17.1 Å². The molecule has 0 amide bonds. The van der Waals surface area contributed by atoms with Gasteiger partial charge < -0.3 is 10.2 Å². The van der Waals surface area contributed by atoms with Gasteiger partial charge in [-0.1, -0.05) is 6.07 Å². The van der Waals surface area contributed by atoms with Gasteiger partial charge in [-0.3, -0.25) is 0 Å². The number of rotatable bonds is 5. The summed E-state index contributed by atoms with van der Waals surface area (Å²) >= 11 is 1.17. The molecule has 0 saturated heterocycles. The Morgan fingerprint density at radius 2 is 2.06 bits per heavy atom. The number of hydrogen-bond donors (Lipinski definition) is 3. The fraction of sp³-hybridized carbons (Fsp3) is 0.600. The maximum absolute atomic E-state index is 11.9. The van der Waals surface area contributed by atoms with Crippen LogP contribution >= 0.6 is 11.3 Å². The lowest BCUT2D eigenvalue weighted by Crippen LogP contribution is -2.53. The van der Waals surface area contributed by atoms with Crippen molar-refractivity contribution >= 4 is 21.4 Å². The van der Waals surface area contributed by atoms with Gasteiger partial charge >= 0.3 is 0 Å². The lowest BCUT2D eigenvalue weighted by atomic mass is 9.67. The largest absolute Gasteiger partial charge is 0.396 e. The van der Waals surface area contributed by atoms with Crippen molar-refractivity contribution in [3.05, 3.63) is 17.5 Å². The monoisotopic (exact) mass is 277 g/mol. The molecule has 0 unspecified atom stereocenters. The van der Waals surface area contributed by atoms with Crippen LogP contribution in [0.25, 0.3) is 0 Å². The van der Waals surface area contributed by atoms with Crippen LogP contribution in [0.4, 0.5) is 0 Å². The molecule has 1 heterocycles. The molecule has 1 aromatic heterocycles. The lowest BCUT2D eigenvalue weighted by molar-refractivity contribution is -0.0261. The smallest absolute Gasteiger partial charge is 0.250 e. The van der Waals surface area contributed by atoms with Gasteiger partial charge in [0.1, 0.15) is 4.21 Å². The van der Waals surface area contributed by atoms with Crippen molar-refractivity contribution in [2.24, 2.45) is 5.41 Å². The quantitative estimate of drug-likeness (QED) is 0.715. The molecule has 0 bridgehead atoms. The molecule has 0 atom stereocenters. The minimum atomic E-state index is -3.44. The van der Waals surface area contributed by atoms with Crippen molar-refractivity contribution in [3.8, 4) is 0 Å². The van der Waals surface area contributed by atoms with E-state index in [4.69, 9.17) is 10.2 Å². The van der Waals surface area contributed by atoms with Crippen molar-refractivity contribution in [1.82, 2.24) is 4.72 Å². The second kappa shape index (κ2) is 4.66. The molecule has 1 aliphatic rings. The normalized spacial score (nSPS) is 20.1. The molecule has 1 fully saturated rings. The van der Waals surface area contributed by atoms with Gasteiger partial charge in [-0.25, -0.2) is 13.1 Å². The zero-order valence-corrected chi connectivity index (χ0v) is 10.8. The Kier molecular flexibility index (Phi) is 3.55. The SMILES string of the molecule is O=S(=O)(NC1CC(CO)(CO)C1)c1cccs1. The van der Waals surface area contributed by atoms with Crippen LogP contribution in [0.2, 0.25) is 0 Å². The van der Waals surface area contributed by atoms with E-state index in [1.807, 2.05) is 0 Å². The predicted molar refractivity (Wildman–Crippen MR) is 64.3 cm³/mol. The molecule has 1 aromatic rings. The first-order valence-electron chi connectivity index (χ1n) is 5.29. The summed E-state index contributed by atoms with van der Waals surface area (Å²) in [6.45, 7) is -0.221. The summed E-state index contributed by atoms with van der Waals surface area (Å²) in [6, 6.07) is 3.05. The number of hydrogen-bond acceptors (Lipinski definition) is 5. The topological polar surface area (TPSA) is 86.6 Å². The summed E-state index contributed by atoms with van der Waals surface area (Å²) in [5, 5.41) is 19.9. The number of thiophene rings is 1. The van der Waals surface area contributed by atoms with Crippen LogP contribution in [-0.4, -0.2) is 37.9 Å². The molecule has 96 valence electrons. The Balaban J connectivity index is 1.97. The molecule has 3 N–H and O–H groups in total. The van der Waals surface area contributed by atoms with Crippen LogP contribution in [0.5, 0.6) is 0 Å². The lowest BCUT2D eigenvalue weighted by Gasteiger charge is -2.45. The van der Waals surface area contributed by atoms with Crippen LogP contribution in [0, 0.1) is 5.41 Å². The van der Waals surface area contributed by atoms with Crippen LogP contribution < -0.4 is 4.72 Å². The third-order valence-electron chi connectivity index (χ3n) is 3.11. The number of aliphatic hydroxyl groups excluding tert-OH is 2. The van der Waals surface area contributed by atoms with Crippen LogP contribution in [-0.2, 0) is 10.0 Å². The van der Waals surface area contributed by atoms with E-state index in [1.165, 1.54) is 11.3 Å². The van der Waals surface area contributed by atoms with Gasteiger partial charge in [-0.05, 0) is 24.3 Å². The fourth-order valence-electron chi connectivity index (χ4n) is 2.07. The highest BCUT2D eigenvalue weighted by molar-refractivity contribution is 7.91. The Bertz CT molecular complexity index is 457. The average molecular weight is 277 g/mol. The number of nitrogens with one attached hydrogen (secondary N) is 1. The van der Waals surface area contributed by atoms with E-state index in [2.05, 4.69) is 4.72 Å². The van der Waals surface area contributed by atoms with Crippen LogP contribution in [0.15, 0.2) is 21.7 Å². The Hall–Kier alpha value is -0.470. The summed E-state index contributed by atoms with van der Waals surface area (Å²) < 4.78 is 26.6. The summed E-state index contributed by atoms with van der Waals surface area (Å²) in [5.41, 5.74) is -0.511. The summed E-state index contributed by atoms with van der Waals surface area (Å²) in [7, 11) is -3.44. The standard InChI is InChI=1S/C10H15NO4S2/c12-6-10(7-13)4-8(5-10)11-17(14,15)9-2-1-3-16-9/h1-3,8,11-13H,4-7H2. The van der Waals surface area contributed by atoms with Crippen LogP contribution in [0.1, 0.15) is 12.8 Å². The van der Waals surface area contributed by atoms with Gasteiger partial charge in [0.25, 0.3) is 0 Å². The van der Waals surface area contributed by atoms with Crippen molar-refractivity contribution in [3.63, 3.8) is 0 Å². The molecule has 0 spiro atoms. The van der Waals surface area contributed by atoms with Gasteiger partial charge in [0.15, 0.2) is 0 Å². The van der Waals surface area contributed by atoms with E-state index in [-0.39, 0.29) is 19.3 Å².